The van der Waals surface area contributed by atoms with Gasteiger partial charge in [-0.3, -0.25) is 4.72 Å². The molecular formula is C12H11ClFN3O2S. The maximum atomic E-state index is 13.2. The molecule has 0 saturated heterocycles. The lowest BCUT2D eigenvalue weighted by atomic mass is 10.3. The summed E-state index contributed by atoms with van der Waals surface area (Å²) in [6.45, 7) is 1.67. The van der Waals surface area contributed by atoms with E-state index >= 15 is 0 Å². The molecule has 0 saturated carbocycles. The summed E-state index contributed by atoms with van der Waals surface area (Å²) >= 11 is 5.85. The first-order valence-corrected chi connectivity index (χ1v) is 7.36. The maximum Gasteiger partial charge on any atom is 0.262 e. The fourth-order valence-electron chi connectivity index (χ4n) is 1.58. The van der Waals surface area contributed by atoms with Crippen molar-refractivity contribution in [3.05, 3.63) is 47.0 Å². The van der Waals surface area contributed by atoms with Crippen LogP contribution in [0.2, 0.25) is 5.15 Å². The first-order valence-electron chi connectivity index (χ1n) is 5.49. The summed E-state index contributed by atoms with van der Waals surface area (Å²) in [7, 11) is -4.00. The number of nitrogens with one attached hydrogen (secondary N) is 1. The van der Waals surface area contributed by atoms with E-state index in [9.17, 15) is 12.8 Å². The third-order valence-corrected chi connectivity index (χ3v) is 4.17. The van der Waals surface area contributed by atoms with Gasteiger partial charge in [-0.2, -0.15) is 0 Å². The van der Waals surface area contributed by atoms with Crippen LogP contribution in [0, 0.1) is 12.7 Å². The number of nitrogens with two attached hydrogens (primary N) is 1. The van der Waals surface area contributed by atoms with Crippen LogP contribution in [0.25, 0.3) is 0 Å². The molecule has 1 aromatic carbocycles. The minimum atomic E-state index is -4.00. The average Bonchev–Trinajstić information content (AvgIpc) is 2.33. The fourth-order valence-corrected chi connectivity index (χ4v) is 3.09. The van der Waals surface area contributed by atoms with Crippen LogP contribution in [-0.2, 0) is 10.0 Å². The molecule has 2 aromatic rings. The molecule has 0 atom stereocenters. The molecule has 1 aromatic heterocycles. The van der Waals surface area contributed by atoms with E-state index in [1.165, 1.54) is 6.20 Å². The third kappa shape index (κ3) is 3.00. The Bertz CT molecular complexity index is 725. The second-order valence-electron chi connectivity index (χ2n) is 4.12. The number of benzene rings is 1. The molecule has 2 rings (SSSR count). The SMILES string of the molecule is Cc1ccnc(Cl)c1NS(=O)(=O)c1cc(N)cc(F)c1. The number of nitrogens with zero attached hydrogens (tertiary/aromatic N) is 1. The van der Waals surface area contributed by atoms with Crippen molar-refractivity contribution in [3.8, 4) is 0 Å². The molecule has 0 unspecified atom stereocenters. The van der Waals surface area contributed by atoms with Crippen molar-refractivity contribution in [2.75, 3.05) is 10.5 Å². The quantitative estimate of drug-likeness (QED) is 0.673. The molecule has 0 fully saturated rings. The zero-order valence-corrected chi connectivity index (χ0v) is 12.0. The highest BCUT2D eigenvalue weighted by Gasteiger charge is 2.18. The van der Waals surface area contributed by atoms with Gasteiger partial charge in [0.2, 0.25) is 0 Å². The number of pyridine rings is 1. The normalized spacial score (nSPS) is 11.3. The van der Waals surface area contributed by atoms with Crippen LogP contribution in [0.3, 0.4) is 0 Å². The Kier molecular flexibility index (Phi) is 3.82. The van der Waals surface area contributed by atoms with Crippen LogP contribution in [0.1, 0.15) is 5.56 Å². The Morgan fingerprint density at radius 2 is 2.05 bits per heavy atom. The maximum absolute atomic E-state index is 13.2. The van der Waals surface area contributed by atoms with Crippen LogP contribution >= 0.6 is 11.6 Å². The lowest BCUT2D eigenvalue weighted by molar-refractivity contribution is 0.595. The van der Waals surface area contributed by atoms with Crippen LogP contribution < -0.4 is 10.5 Å². The minimum absolute atomic E-state index is 0.0120. The largest absolute Gasteiger partial charge is 0.399 e. The molecule has 0 bridgehead atoms. The predicted octanol–water partition coefficient (Wildman–Crippen LogP) is 2.57. The van der Waals surface area contributed by atoms with Gasteiger partial charge >= 0.3 is 0 Å². The van der Waals surface area contributed by atoms with Crippen LogP contribution in [0.15, 0.2) is 35.4 Å². The van der Waals surface area contributed by atoms with Gasteiger partial charge < -0.3 is 5.73 Å². The Hall–Kier alpha value is -1.86. The topological polar surface area (TPSA) is 85.1 Å². The van der Waals surface area contributed by atoms with Gasteiger partial charge in [-0.1, -0.05) is 11.6 Å². The molecule has 0 spiro atoms. The number of anilines is 2. The second kappa shape index (κ2) is 5.26. The molecule has 106 valence electrons. The minimum Gasteiger partial charge on any atom is -0.399 e. The summed E-state index contributed by atoms with van der Waals surface area (Å²) in [6.07, 6.45) is 1.45. The summed E-state index contributed by atoms with van der Waals surface area (Å²) in [6, 6.07) is 4.66. The molecule has 0 aliphatic rings. The first-order chi connectivity index (χ1) is 9.29. The van der Waals surface area contributed by atoms with Gasteiger partial charge in [-0.05, 0) is 36.8 Å². The van der Waals surface area contributed by atoms with E-state index in [0.29, 0.717) is 5.56 Å². The zero-order valence-electron chi connectivity index (χ0n) is 10.4. The second-order valence-corrected chi connectivity index (χ2v) is 6.16. The van der Waals surface area contributed by atoms with E-state index in [1.54, 1.807) is 13.0 Å². The molecule has 0 amide bonds. The van der Waals surface area contributed by atoms with Crippen molar-refractivity contribution < 1.29 is 12.8 Å². The number of halogens is 2. The van der Waals surface area contributed by atoms with Gasteiger partial charge in [-0.15, -0.1) is 0 Å². The average molecular weight is 316 g/mol. The van der Waals surface area contributed by atoms with Gasteiger partial charge in [0.15, 0.2) is 5.15 Å². The van der Waals surface area contributed by atoms with Crippen LogP contribution in [0.5, 0.6) is 0 Å². The van der Waals surface area contributed by atoms with Crippen molar-refractivity contribution in [1.82, 2.24) is 4.98 Å². The Morgan fingerprint density at radius 1 is 1.35 bits per heavy atom. The standard InChI is InChI=1S/C12H11ClFN3O2S/c1-7-2-3-16-12(13)11(7)17-20(18,19)10-5-8(14)4-9(15)6-10/h2-6,17H,15H2,1H3. The smallest absolute Gasteiger partial charge is 0.262 e. The van der Waals surface area contributed by atoms with E-state index < -0.39 is 15.8 Å². The Morgan fingerprint density at radius 3 is 2.65 bits per heavy atom. The summed E-state index contributed by atoms with van der Waals surface area (Å²) in [5, 5.41) is 0.0120. The molecule has 0 aliphatic carbocycles. The molecule has 8 heteroatoms. The molecule has 20 heavy (non-hydrogen) atoms. The van der Waals surface area contributed by atoms with E-state index in [-0.39, 0.29) is 21.4 Å². The molecule has 5 nitrogen and oxygen atoms in total. The summed E-state index contributed by atoms with van der Waals surface area (Å²) in [5.74, 6) is -0.737. The van der Waals surface area contributed by atoms with Crippen molar-refractivity contribution >= 4 is 33.0 Å². The highest BCUT2D eigenvalue weighted by atomic mass is 35.5. The molecular weight excluding hydrogens is 305 g/mol. The molecule has 1 heterocycles. The Labute approximate surface area is 120 Å². The van der Waals surface area contributed by atoms with Gasteiger partial charge in [0.05, 0.1) is 10.6 Å². The number of hydrogen-bond acceptors (Lipinski definition) is 4. The van der Waals surface area contributed by atoms with Crippen LogP contribution in [0.4, 0.5) is 15.8 Å². The Balaban J connectivity index is 2.46. The van der Waals surface area contributed by atoms with Gasteiger partial charge in [0.1, 0.15) is 5.82 Å². The molecule has 3 N–H and O–H groups in total. The monoisotopic (exact) mass is 315 g/mol. The summed E-state index contributed by atoms with van der Waals surface area (Å²) in [5.41, 5.74) is 6.20. The fraction of sp³-hybridized carbons (Fsp3) is 0.0833. The highest BCUT2D eigenvalue weighted by Crippen LogP contribution is 2.26. The number of rotatable bonds is 3. The number of sulfonamides is 1. The summed E-state index contributed by atoms with van der Waals surface area (Å²) in [4.78, 5) is 3.51. The van der Waals surface area contributed by atoms with Gasteiger partial charge in [0, 0.05) is 11.9 Å². The number of aryl methyl sites for hydroxylation is 1. The summed E-state index contributed by atoms with van der Waals surface area (Å²) < 4.78 is 39.9. The van der Waals surface area contributed by atoms with Crippen molar-refractivity contribution in [2.45, 2.75) is 11.8 Å². The first kappa shape index (κ1) is 14.5. The number of nitrogen functional groups attached to an aromatic ring is 1. The predicted molar refractivity (Wildman–Crippen MR) is 75.6 cm³/mol. The molecule has 0 aliphatic heterocycles. The van der Waals surface area contributed by atoms with E-state index in [0.717, 1.165) is 18.2 Å². The zero-order chi connectivity index (χ0) is 14.9. The van der Waals surface area contributed by atoms with E-state index in [4.69, 9.17) is 17.3 Å². The number of aromatic nitrogens is 1. The lowest BCUT2D eigenvalue weighted by Gasteiger charge is -2.12. The lowest BCUT2D eigenvalue weighted by Crippen LogP contribution is -2.15. The van der Waals surface area contributed by atoms with Crippen LogP contribution in [-0.4, -0.2) is 13.4 Å². The third-order valence-electron chi connectivity index (χ3n) is 2.55. The highest BCUT2D eigenvalue weighted by molar-refractivity contribution is 7.92. The molecule has 0 radical (unpaired) electrons. The van der Waals surface area contributed by atoms with Crippen molar-refractivity contribution in [1.29, 1.82) is 0 Å². The van der Waals surface area contributed by atoms with E-state index in [2.05, 4.69) is 9.71 Å². The van der Waals surface area contributed by atoms with Crippen molar-refractivity contribution in [2.24, 2.45) is 0 Å². The van der Waals surface area contributed by atoms with E-state index in [1.807, 2.05) is 0 Å². The number of hydrogen-bond donors (Lipinski definition) is 2. The van der Waals surface area contributed by atoms with Gasteiger partial charge in [-0.25, -0.2) is 17.8 Å². The van der Waals surface area contributed by atoms with Crippen molar-refractivity contribution in [3.63, 3.8) is 0 Å². The van der Waals surface area contributed by atoms with Gasteiger partial charge in [0.25, 0.3) is 10.0 Å².